The van der Waals surface area contributed by atoms with Gasteiger partial charge in [0.05, 0.1) is 17.1 Å². The molecule has 0 saturated carbocycles. The van der Waals surface area contributed by atoms with Gasteiger partial charge >= 0.3 is 0 Å². The largest absolute Gasteiger partial charge is 0.280 e. The maximum Gasteiger partial charge on any atom is 0.265 e. The summed E-state index contributed by atoms with van der Waals surface area (Å²) in [6.07, 6.45) is 3.27. The third-order valence-electron chi connectivity index (χ3n) is 4.52. The first-order valence-electron chi connectivity index (χ1n) is 9.16. The Morgan fingerprint density at radius 2 is 1.67 bits per heavy atom. The summed E-state index contributed by atoms with van der Waals surface area (Å²) in [5.41, 5.74) is 3.67. The number of nitrogens with one attached hydrogen (secondary N) is 1. The summed E-state index contributed by atoms with van der Waals surface area (Å²) in [5, 5.41) is 4.43. The number of unbranched alkanes of at least 4 members (excludes halogenated alkanes) is 1. The fraction of sp³-hybridized carbons (Fsp3) is 0.286. The SMILES string of the molecule is CCCCc1ccc(NS(=O)(=O)c2c(C)nn(-c3ccccc3)c2C)cc1. The minimum atomic E-state index is -3.72. The van der Waals surface area contributed by atoms with Gasteiger partial charge in [0.2, 0.25) is 0 Å². The zero-order valence-corrected chi connectivity index (χ0v) is 16.8. The van der Waals surface area contributed by atoms with Gasteiger partial charge in [0.25, 0.3) is 10.0 Å². The van der Waals surface area contributed by atoms with Crippen LogP contribution in [0.1, 0.15) is 36.7 Å². The van der Waals surface area contributed by atoms with Gasteiger partial charge in [0.1, 0.15) is 4.90 Å². The van der Waals surface area contributed by atoms with Crippen LogP contribution in [0.3, 0.4) is 0 Å². The molecule has 0 bridgehead atoms. The third kappa shape index (κ3) is 4.22. The monoisotopic (exact) mass is 383 g/mol. The Morgan fingerprint density at radius 3 is 2.30 bits per heavy atom. The highest BCUT2D eigenvalue weighted by Crippen LogP contribution is 2.25. The molecule has 0 amide bonds. The average Bonchev–Trinajstić information content (AvgIpc) is 2.96. The number of benzene rings is 2. The molecule has 0 saturated heterocycles. The van der Waals surface area contributed by atoms with Crippen molar-refractivity contribution in [2.24, 2.45) is 0 Å². The van der Waals surface area contributed by atoms with E-state index in [1.54, 1.807) is 18.5 Å². The lowest BCUT2D eigenvalue weighted by Crippen LogP contribution is -2.15. The lowest BCUT2D eigenvalue weighted by molar-refractivity contribution is 0.600. The molecule has 0 unspecified atom stereocenters. The summed E-state index contributed by atoms with van der Waals surface area (Å²) in [4.78, 5) is 0.224. The van der Waals surface area contributed by atoms with E-state index in [0.717, 1.165) is 24.9 Å². The Labute approximate surface area is 161 Å². The van der Waals surface area contributed by atoms with E-state index in [1.807, 2.05) is 54.6 Å². The fourth-order valence-electron chi connectivity index (χ4n) is 3.16. The maximum absolute atomic E-state index is 13.0. The lowest BCUT2D eigenvalue weighted by Gasteiger charge is -2.10. The molecule has 0 spiro atoms. The number of aryl methyl sites for hydroxylation is 2. The van der Waals surface area contributed by atoms with Gasteiger partial charge in [-0.1, -0.05) is 43.7 Å². The first-order chi connectivity index (χ1) is 12.9. The van der Waals surface area contributed by atoms with Crippen LogP contribution < -0.4 is 4.72 Å². The normalized spacial score (nSPS) is 11.5. The van der Waals surface area contributed by atoms with Gasteiger partial charge in [0, 0.05) is 5.69 Å². The van der Waals surface area contributed by atoms with Crippen molar-refractivity contribution in [1.82, 2.24) is 9.78 Å². The van der Waals surface area contributed by atoms with Crippen molar-refractivity contribution < 1.29 is 8.42 Å². The van der Waals surface area contributed by atoms with Gasteiger partial charge in [0.15, 0.2) is 0 Å². The van der Waals surface area contributed by atoms with Crippen molar-refractivity contribution >= 4 is 15.7 Å². The number of aromatic nitrogens is 2. The molecule has 0 atom stereocenters. The Kier molecular flexibility index (Phi) is 5.65. The maximum atomic E-state index is 13.0. The predicted octanol–water partition coefficient (Wildman–Crippen LogP) is 4.63. The number of anilines is 1. The number of hydrogen-bond donors (Lipinski definition) is 1. The molecule has 1 heterocycles. The van der Waals surface area contributed by atoms with E-state index in [4.69, 9.17) is 0 Å². The Hall–Kier alpha value is -2.60. The molecule has 1 N–H and O–H groups in total. The van der Waals surface area contributed by atoms with Crippen LogP contribution in [0, 0.1) is 13.8 Å². The van der Waals surface area contributed by atoms with E-state index in [9.17, 15) is 8.42 Å². The minimum absolute atomic E-state index is 0.224. The van der Waals surface area contributed by atoms with Gasteiger partial charge in [-0.05, 0) is 56.5 Å². The summed E-state index contributed by atoms with van der Waals surface area (Å²) >= 11 is 0. The first kappa shape index (κ1) is 19.2. The van der Waals surface area contributed by atoms with Gasteiger partial charge in [-0.2, -0.15) is 5.10 Å². The molecule has 3 aromatic rings. The summed E-state index contributed by atoms with van der Waals surface area (Å²) in [7, 11) is -3.72. The molecule has 3 rings (SSSR count). The highest BCUT2D eigenvalue weighted by Gasteiger charge is 2.25. The molecule has 27 heavy (non-hydrogen) atoms. The van der Waals surface area contributed by atoms with E-state index in [1.165, 1.54) is 5.56 Å². The Balaban J connectivity index is 1.88. The van der Waals surface area contributed by atoms with E-state index in [-0.39, 0.29) is 4.90 Å². The molecule has 1 aromatic heterocycles. The van der Waals surface area contributed by atoms with Gasteiger partial charge in [-0.15, -0.1) is 0 Å². The predicted molar refractivity (Wildman–Crippen MR) is 109 cm³/mol. The van der Waals surface area contributed by atoms with Crippen molar-refractivity contribution in [3.63, 3.8) is 0 Å². The number of nitrogens with zero attached hydrogens (tertiary/aromatic N) is 2. The van der Waals surface area contributed by atoms with Gasteiger partial charge in [-0.25, -0.2) is 13.1 Å². The molecular weight excluding hydrogens is 358 g/mol. The topological polar surface area (TPSA) is 64.0 Å². The van der Waals surface area contributed by atoms with Crippen molar-refractivity contribution in [2.75, 3.05) is 4.72 Å². The van der Waals surface area contributed by atoms with Crippen LogP contribution in [-0.4, -0.2) is 18.2 Å². The number of rotatable bonds is 7. The smallest absolute Gasteiger partial charge is 0.265 e. The number of sulfonamides is 1. The number of para-hydroxylation sites is 1. The van der Waals surface area contributed by atoms with Crippen LogP contribution in [0.5, 0.6) is 0 Å². The molecule has 0 radical (unpaired) electrons. The molecular formula is C21H25N3O2S. The first-order valence-corrected chi connectivity index (χ1v) is 10.6. The molecule has 0 aliphatic carbocycles. The van der Waals surface area contributed by atoms with Crippen molar-refractivity contribution in [3.05, 3.63) is 71.5 Å². The van der Waals surface area contributed by atoms with E-state index < -0.39 is 10.0 Å². The Bertz CT molecular complexity index is 1010. The second-order valence-corrected chi connectivity index (χ2v) is 8.27. The van der Waals surface area contributed by atoms with Crippen LogP contribution in [0.25, 0.3) is 5.69 Å². The van der Waals surface area contributed by atoms with Crippen LogP contribution in [0.4, 0.5) is 5.69 Å². The summed E-state index contributed by atoms with van der Waals surface area (Å²) < 4.78 is 30.3. The Morgan fingerprint density at radius 1 is 1.00 bits per heavy atom. The van der Waals surface area contributed by atoms with Crippen molar-refractivity contribution in [3.8, 4) is 5.69 Å². The molecule has 5 nitrogen and oxygen atoms in total. The van der Waals surface area contributed by atoms with Crippen molar-refractivity contribution in [2.45, 2.75) is 44.9 Å². The lowest BCUT2D eigenvalue weighted by atomic mass is 10.1. The average molecular weight is 384 g/mol. The molecule has 142 valence electrons. The molecule has 2 aromatic carbocycles. The summed E-state index contributed by atoms with van der Waals surface area (Å²) in [6.45, 7) is 5.65. The zero-order chi connectivity index (χ0) is 19.4. The van der Waals surface area contributed by atoms with Gasteiger partial charge < -0.3 is 0 Å². The molecule has 0 fully saturated rings. The second kappa shape index (κ2) is 7.96. The highest BCUT2D eigenvalue weighted by molar-refractivity contribution is 7.92. The van der Waals surface area contributed by atoms with Crippen LogP contribution in [0.2, 0.25) is 0 Å². The van der Waals surface area contributed by atoms with Crippen molar-refractivity contribution in [1.29, 1.82) is 0 Å². The van der Waals surface area contributed by atoms with Gasteiger partial charge in [-0.3, -0.25) is 4.72 Å². The third-order valence-corrected chi connectivity index (χ3v) is 6.15. The fourth-order valence-corrected chi connectivity index (χ4v) is 4.62. The molecule has 6 heteroatoms. The van der Waals surface area contributed by atoms with Crippen LogP contribution in [-0.2, 0) is 16.4 Å². The summed E-state index contributed by atoms with van der Waals surface area (Å²) in [5.74, 6) is 0. The standard InChI is InChI=1S/C21H25N3O2S/c1-4-5-9-18-12-14-19(15-13-18)23-27(25,26)21-16(2)22-24(17(21)3)20-10-7-6-8-11-20/h6-8,10-15,23H,4-5,9H2,1-3H3. The van der Waals surface area contributed by atoms with E-state index in [0.29, 0.717) is 17.1 Å². The highest BCUT2D eigenvalue weighted by atomic mass is 32.2. The second-order valence-electron chi connectivity index (χ2n) is 6.65. The summed E-state index contributed by atoms with van der Waals surface area (Å²) in [6, 6.07) is 17.1. The van der Waals surface area contributed by atoms with Crippen LogP contribution in [0.15, 0.2) is 59.5 Å². The minimum Gasteiger partial charge on any atom is -0.280 e. The molecule has 0 aliphatic heterocycles. The van der Waals surface area contributed by atoms with Crippen LogP contribution >= 0.6 is 0 Å². The quantitative estimate of drug-likeness (QED) is 0.647. The zero-order valence-electron chi connectivity index (χ0n) is 15.9. The van der Waals surface area contributed by atoms with E-state index >= 15 is 0 Å². The number of hydrogen-bond acceptors (Lipinski definition) is 3. The molecule has 0 aliphatic rings. The van der Waals surface area contributed by atoms with E-state index in [2.05, 4.69) is 16.7 Å².